The summed E-state index contributed by atoms with van der Waals surface area (Å²) in [6.07, 6.45) is 3.56. The van der Waals surface area contributed by atoms with Crippen LogP contribution in [0, 0.1) is 0 Å². The minimum atomic E-state index is -0.102. The first-order valence-corrected chi connectivity index (χ1v) is 9.50. The van der Waals surface area contributed by atoms with E-state index in [4.69, 9.17) is 23.2 Å². The Morgan fingerprint density at radius 1 is 1.07 bits per heavy atom. The number of nitrogens with one attached hydrogen (secondary N) is 1. The van der Waals surface area contributed by atoms with E-state index in [9.17, 15) is 4.79 Å². The summed E-state index contributed by atoms with van der Waals surface area (Å²) >= 11 is 12.1. The maximum absolute atomic E-state index is 12.6. The van der Waals surface area contributed by atoms with Gasteiger partial charge in [-0.05, 0) is 29.8 Å². The van der Waals surface area contributed by atoms with Crippen LogP contribution in [0.4, 0.5) is 10.6 Å². The number of hydrogen-bond donors (Lipinski definition) is 1. The number of imidazole rings is 1. The van der Waals surface area contributed by atoms with Gasteiger partial charge in [0.2, 0.25) is 0 Å². The van der Waals surface area contributed by atoms with Crippen LogP contribution in [0.5, 0.6) is 0 Å². The minimum absolute atomic E-state index is 0.102. The molecule has 0 saturated carbocycles. The Kier molecular flexibility index (Phi) is 5.20. The predicted octanol–water partition coefficient (Wildman–Crippen LogP) is 3.99. The van der Waals surface area contributed by atoms with Crippen LogP contribution in [0.3, 0.4) is 0 Å². The number of amides is 2. The summed E-state index contributed by atoms with van der Waals surface area (Å²) in [6, 6.07) is 11.3. The lowest BCUT2D eigenvalue weighted by Gasteiger charge is -2.34. The van der Waals surface area contributed by atoms with E-state index in [-0.39, 0.29) is 6.03 Å². The van der Waals surface area contributed by atoms with Crippen LogP contribution in [-0.4, -0.2) is 51.4 Å². The van der Waals surface area contributed by atoms with Gasteiger partial charge < -0.3 is 4.90 Å². The van der Waals surface area contributed by atoms with Gasteiger partial charge in [-0.2, -0.15) is 0 Å². The van der Waals surface area contributed by atoms with E-state index in [2.05, 4.69) is 15.2 Å². The number of carbonyl (C=O) groups excluding carboxylic acids is 1. The van der Waals surface area contributed by atoms with Crippen LogP contribution in [0.1, 0.15) is 5.56 Å². The summed E-state index contributed by atoms with van der Waals surface area (Å²) in [4.78, 5) is 21.0. The summed E-state index contributed by atoms with van der Waals surface area (Å²) in [6.45, 7) is 3.75. The lowest BCUT2D eigenvalue weighted by atomic mass is 10.2. The molecule has 1 aliphatic heterocycles. The molecule has 4 rings (SSSR count). The molecule has 8 heteroatoms. The highest BCUT2D eigenvalue weighted by Gasteiger charge is 2.22. The number of pyridine rings is 1. The third-order valence-electron chi connectivity index (χ3n) is 4.70. The minimum Gasteiger partial charge on any atom is -0.322 e. The van der Waals surface area contributed by atoms with Crippen LogP contribution < -0.4 is 5.32 Å². The van der Waals surface area contributed by atoms with Crippen molar-refractivity contribution in [2.75, 3.05) is 31.5 Å². The zero-order valence-corrected chi connectivity index (χ0v) is 16.1. The topological polar surface area (TPSA) is 52.9 Å². The Labute approximate surface area is 167 Å². The molecule has 0 radical (unpaired) electrons. The Balaban J connectivity index is 1.33. The van der Waals surface area contributed by atoms with Gasteiger partial charge in [-0.1, -0.05) is 35.3 Å². The van der Waals surface area contributed by atoms with Crippen molar-refractivity contribution in [3.05, 3.63) is 64.4 Å². The molecule has 2 amide bonds. The van der Waals surface area contributed by atoms with Gasteiger partial charge in [0, 0.05) is 38.9 Å². The molecule has 2 aromatic heterocycles. The fraction of sp³-hybridized carbons (Fsp3) is 0.263. The van der Waals surface area contributed by atoms with Crippen molar-refractivity contribution in [2.45, 2.75) is 6.54 Å². The van der Waals surface area contributed by atoms with E-state index in [1.54, 1.807) is 6.20 Å². The maximum atomic E-state index is 12.6. The second-order valence-electron chi connectivity index (χ2n) is 6.51. The van der Waals surface area contributed by atoms with E-state index in [1.165, 1.54) is 0 Å². The Bertz CT molecular complexity index is 966. The van der Waals surface area contributed by atoms with Crippen molar-refractivity contribution in [2.24, 2.45) is 0 Å². The third-order valence-corrected chi connectivity index (χ3v) is 5.44. The Morgan fingerprint density at radius 2 is 1.89 bits per heavy atom. The van der Waals surface area contributed by atoms with Gasteiger partial charge in [-0.3, -0.25) is 14.6 Å². The molecule has 3 aromatic rings. The number of piperazine rings is 1. The molecule has 1 aromatic carbocycles. The van der Waals surface area contributed by atoms with Gasteiger partial charge in [-0.25, -0.2) is 9.78 Å². The zero-order valence-electron chi connectivity index (χ0n) is 14.6. The molecule has 1 saturated heterocycles. The molecule has 1 fully saturated rings. The highest BCUT2D eigenvalue weighted by Crippen LogP contribution is 2.23. The molecule has 0 spiro atoms. The second-order valence-corrected chi connectivity index (χ2v) is 7.33. The van der Waals surface area contributed by atoms with Gasteiger partial charge in [0.25, 0.3) is 0 Å². The molecule has 1 aliphatic rings. The van der Waals surface area contributed by atoms with Crippen molar-refractivity contribution in [1.82, 2.24) is 19.2 Å². The van der Waals surface area contributed by atoms with Crippen LogP contribution in [-0.2, 0) is 6.54 Å². The molecule has 3 heterocycles. The normalized spacial score (nSPS) is 15.3. The summed E-state index contributed by atoms with van der Waals surface area (Å²) in [5, 5.41) is 4.08. The van der Waals surface area contributed by atoms with Crippen molar-refractivity contribution in [1.29, 1.82) is 0 Å². The molecule has 140 valence electrons. The Hall–Kier alpha value is -2.28. The fourth-order valence-corrected chi connectivity index (χ4v) is 3.54. The fourth-order valence-electron chi connectivity index (χ4n) is 3.22. The van der Waals surface area contributed by atoms with Crippen molar-refractivity contribution >= 4 is 40.7 Å². The molecular weight excluding hydrogens is 385 g/mol. The number of urea groups is 1. The van der Waals surface area contributed by atoms with E-state index in [1.807, 2.05) is 51.9 Å². The highest BCUT2D eigenvalue weighted by molar-refractivity contribution is 6.42. The molecule has 27 heavy (non-hydrogen) atoms. The number of halogens is 2. The molecule has 6 nitrogen and oxygen atoms in total. The number of rotatable bonds is 3. The zero-order chi connectivity index (χ0) is 18.8. The van der Waals surface area contributed by atoms with Crippen LogP contribution in [0.15, 0.2) is 48.8 Å². The monoisotopic (exact) mass is 403 g/mol. The number of benzene rings is 1. The summed E-state index contributed by atoms with van der Waals surface area (Å²) < 4.78 is 1.86. The molecular formula is C19H19Cl2N5O. The van der Waals surface area contributed by atoms with E-state index in [0.29, 0.717) is 29.0 Å². The van der Waals surface area contributed by atoms with Gasteiger partial charge in [0.15, 0.2) is 0 Å². The number of anilines is 1. The lowest BCUT2D eigenvalue weighted by molar-refractivity contribution is 0.143. The van der Waals surface area contributed by atoms with Gasteiger partial charge in [-0.15, -0.1) is 0 Å². The van der Waals surface area contributed by atoms with Crippen molar-refractivity contribution in [3.8, 4) is 0 Å². The molecule has 1 N–H and O–H groups in total. The number of aromatic nitrogens is 2. The predicted molar refractivity (Wildman–Crippen MR) is 108 cm³/mol. The quantitative estimate of drug-likeness (QED) is 0.718. The number of nitrogens with zero attached hydrogens (tertiary/aromatic N) is 4. The number of carbonyl (C=O) groups is 1. The van der Waals surface area contributed by atoms with Gasteiger partial charge >= 0.3 is 6.03 Å². The first-order valence-electron chi connectivity index (χ1n) is 8.74. The van der Waals surface area contributed by atoms with E-state index >= 15 is 0 Å². The van der Waals surface area contributed by atoms with Gasteiger partial charge in [0.1, 0.15) is 11.5 Å². The molecule has 0 bridgehead atoms. The Morgan fingerprint density at radius 3 is 2.67 bits per heavy atom. The van der Waals surface area contributed by atoms with Gasteiger partial charge in [0.05, 0.1) is 16.2 Å². The lowest BCUT2D eigenvalue weighted by Crippen LogP contribution is -2.49. The SMILES string of the molecule is O=C(Nc1cnc2ccccn12)N1CCN(Cc2ccc(Cl)c(Cl)c2)CC1. The first-order chi connectivity index (χ1) is 13.1. The van der Waals surface area contributed by atoms with Crippen LogP contribution in [0.2, 0.25) is 10.0 Å². The second kappa shape index (κ2) is 7.76. The maximum Gasteiger partial charge on any atom is 0.323 e. The standard InChI is InChI=1S/C19H19Cl2N5O/c20-15-5-4-14(11-16(15)21)13-24-7-9-25(10-8-24)19(27)23-18-12-22-17-3-1-2-6-26(17)18/h1-6,11-12H,7-10,13H2,(H,23,27). The third kappa shape index (κ3) is 4.03. The average Bonchev–Trinajstić information content (AvgIpc) is 3.08. The summed E-state index contributed by atoms with van der Waals surface area (Å²) in [7, 11) is 0. The number of hydrogen-bond acceptors (Lipinski definition) is 3. The summed E-state index contributed by atoms with van der Waals surface area (Å²) in [5.41, 5.74) is 1.92. The van der Waals surface area contributed by atoms with Crippen molar-refractivity contribution < 1.29 is 4.79 Å². The van der Waals surface area contributed by atoms with E-state index in [0.717, 1.165) is 30.8 Å². The average molecular weight is 404 g/mol. The smallest absolute Gasteiger partial charge is 0.322 e. The molecule has 0 unspecified atom stereocenters. The first kappa shape index (κ1) is 18.1. The van der Waals surface area contributed by atoms with Crippen molar-refractivity contribution in [3.63, 3.8) is 0 Å². The van der Waals surface area contributed by atoms with Crippen LogP contribution >= 0.6 is 23.2 Å². The number of fused-ring (bicyclic) bond motifs is 1. The summed E-state index contributed by atoms with van der Waals surface area (Å²) in [5.74, 6) is 0.675. The van der Waals surface area contributed by atoms with Crippen LogP contribution in [0.25, 0.3) is 5.65 Å². The molecule has 0 aliphatic carbocycles. The van der Waals surface area contributed by atoms with E-state index < -0.39 is 0 Å². The molecule has 0 atom stereocenters. The largest absolute Gasteiger partial charge is 0.323 e. The highest BCUT2D eigenvalue weighted by atomic mass is 35.5.